The van der Waals surface area contributed by atoms with E-state index < -0.39 is 0 Å². The van der Waals surface area contributed by atoms with Crippen LogP contribution < -0.4 is 0 Å². The first kappa shape index (κ1) is 36.0. The van der Waals surface area contributed by atoms with Gasteiger partial charge in [-0.1, -0.05) is 34.3 Å². The first-order chi connectivity index (χ1) is 5.72. The maximum atomic E-state index is 3.87. The number of hydrogen-bond acceptors (Lipinski definition) is 2. The third kappa shape index (κ3) is 14.5. The largest absolute Gasteiger partial charge is 2.00 e. The van der Waals surface area contributed by atoms with Crippen molar-refractivity contribution in [2.45, 2.75) is 27.7 Å². The zero-order valence-corrected chi connectivity index (χ0v) is 16.8. The van der Waals surface area contributed by atoms with Crippen LogP contribution in [0.3, 0.4) is 0 Å². The summed E-state index contributed by atoms with van der Waals surface area (Å²) in [4.78, 5) is 4.31. The van der Waals surface area contributed by atoms with Crippen LogP contribution in [0.5, 0.6) is 0 Å². The quantitative estimate of drug-likeness (QED) is 0.413. The fraction of sp³-hybridized carbons (Fsp3) is 0.667. The van der Waals surface area contributed by atoms with Gasteiger partial charge in [-0.15, -0.1) is 0 Å². The predicted molar refractivity (Wildman–Crippen MR) is 75.7 cm³/mol. The molecule has 1 saturated heterocycles. The van der Waals surface area contributed by atoms with E-state index in [1.807, 2.05) is 27.7 Å². The Morgan fingerprint density at radius 3 is 1.12 bits per heavy atom. The molecule has 0 aliphatic carbocycles. The van der Waals surface area contributed by atoms with Crippen molar-refractivity contribution in [3.8, 4) is 0 Å². The van der Waals surface area contributed by atoms with E-state index in [9.17, 15) is 0 Å². The Labute approximate surface area is 131 Å². The molecule has 0 bridgehead atoms. The van der Waals surface area contributed by atoms with Gasteiger partial charge in [0.15, 0.2) is 0 Å². The zero-order chi connectivity index (χ0) is 10.1. The average Bonchev–Trinajstić information content (AvgIpc) is 2.43. The molecule has 0 N–H and O–H groups in total. The van der Waals surface area contributed by atoms with Gasteiger partial charge in [-0.25, -0.2) is 0 Å². The second-order valence-electron chi connectivity index (χ2n) is 2.26. The van der Waals surface area contributed by atoms with Crippen LogP contribution in [0.2, 0.25) is 0 Å². The summed E-state index contributed by atoms with van der Waals surface area (Å²) in [6, 6.07) is 0. The third-order valence-corrected chi connectivity index (χ3v) is 1.65. The molecule has 1 heterocycles. The molecule has 1 aliphatic rings. The van der Waals surface area contributed by atoms with E-state index in [0.29, 0.717) is 0 Å². The summed E-state index contributed by atoms with van der Waals surface area (Å²) in [6.07, 6.45) is 0. The molecule has 2 nitrogen and oxygen atoms in total. The number of hydrogen-bond donors (Lipinski definition) is 0. The molecular formula is C12H30BN2U. The standard InChI is InChI=1S/C6H12N2.2C2H6.2CH3.B.U/c1-6-7(2)4-5-8(6)3;2*1-2;;;;/h1,4-5H2,2-3H3;2*1-2H3;2*1H3;;/q;;;2*-1;;+2. The fourth-order valence-corrected chi connectivity index (χ4v) is 0.850. The van der Waals surface area contributed by atoms with Gasteiger partial charge in [-0.2, -0.15) is 0 Å². The predicted octanol–water partition coefficient (Wildman–Crippen LogP) is 2.91. The average molecular weight is 451 g/mol. The van der Waals surface area contributed by atoms with Crippen LogP contribution in [-0.4, -0.2) is 45.4 Å². The smallest absolute Gasteiger partial charge is 0.360 e. The van der Waals surface area contributed by atoms with Gasteiger partial charge >= 0.3 is 31.1 Å². The molecule has 0 aromatic rings. The monoisotopic (exact) mass is 451 g/mol. The summed E-state index contributed by atoms with van der Waals surface area (Å²) in [7, 11) is 4.12. The molecule has 3 radical (unpaired) electrons. The van der Waals surface area contributed by atoms with Crippen LogP contribution in [0.25, 0.3) is 0 Å². The molecule has 0 amide bonds. The molecule has 0 aromatic heterocycles. The van der Waals surface area contributed by atoms with E-state index in [1.165, 1.54) is 0 Å². The Morgan fingerprint density at radius 2 is 1.06 bits per heavy atom. The van der Waals surface area contributed by atoms with Crippen LogP contribution in [0.4, 0.5) is 0 Å². The van der Waals surface area contributed by atoms with E-state index in [1.54, 1.807) is 0 Å². The number of rotatable bonds is 0. The normalized spacial score (nSPS) is 11.0. The van der Waals surface area contributed by atoms with E-state index in [4.69, 9.17) is 0 Å². The van der Waals surface area contributed by atoms with Crippen molar-refractivity contribution in [2.75, 3.05) is 27.2 Å². The Kier molecular flexibility index (Phi) is 55.3. The maximum absolute atomic E-state index is 3.87. The molecule has 1 aliphatic heterocycles. The van der Waals surface area contributed by atoms with Crippen molar-refractivity contribution < 1.29 is 31.1 Å². The van der Waals surface area contributed by atoms with E-state index in [0.717, 1.165) is 18.9 Å². The second kappa shape index (κ2) is 24.6. The van der Waals surface area contributed by atoms with E-state index in [-0.39, 0.29) is 54.4 Å². The van der Waals surface area contributed by atoms with Crippen molar-refractivity contribution in [1.82, 2.24) is 9.80 Å². The van der Waals surface area contributed by atoms with Crippen LogP contribution in [-0.2, 0) is 0 Å². The molecule has 0 unspecified atom stereocenters. The topological polar surface area (TPSA) is 6.48 Å². The summed E-state index contributed by atoms with van der Waals surface area (Å²) in [5, 5.41) is 0. The molecular weight excluding hydrogens is 421 g/mol. The molecule has 95 valence electrons. The van der Waals surface area contributed by atoms with Gasteiger partial charge < -0.3 is 24.7 Å². The Balaban J connectivity index is -0.0000000286. The molecule has 0 spiro atoms. The van der Waals surface area contributed by atoms with Gasteiger partial charge in [0.25, 0.3) is 0 Å². The second-order valence-corrected chi connectivity index (χ2v) is 2.26. The Morgan fingerprint density at radius 1 is 0.875 bits per heavy atom. The summed E-state index contributed by atoms with van der Waals surface area (Å²) in [5.41, 5.74) is 0. The van der Waals surface area contributed by atoms with Gasteiger partial charge in [-0.05, 0) is 0 Å². The zero-order valence-electron chi connectivity index (χ0n) is 12.6. The minimum Gasteiger partial charge on any atom is -0.360 e. The molecule has 0 saturated carbocycles. The minimum absolute atomic E-state index is 0. The molecule has 0 atom stereocenters. The third-order valence-electron chi connectivity index (χ3n) is 1.65. The van der Waals surface area contributed by atoms with Crippen LogP contribution >= 0.6 is 0 Å². The molecule has 0 aromatic carbocycles. The first-order valence-corrected chi connectivity index (χ1v) is 4.83. The summed E-state index contributed by atoms with van der Waals surface area (Å²) in [5.74, 6) is 1.13. The van der Waals surface area contributed by atoms with Crippen molar-refractivity contribution in [3.05, 3.63) is 27.3 Å². The summed E-state index contributed by atoms with van der Waals surface area (Å²) >= 11 is 0. The van der Waals surface area contributed by atoms with E-state index in [2.05, 4.69) is 30.5 Å². The Bertz CT molecular complexity index is 110. The minimum atomic E-state index is 0. The van der Waals surface area contributed by atoms with Crippen LogP contribution in [0, 0.1) is 46.0 Å². The van der Waals surface area contributed by atoms with E-state index >= 15 is 0 Å². The molecule has 1 fully saturated rings. The number of likely N-dealkylation sites (N-methyl/N-ethyl adjacent to an activating group) is 2. The van der Waals surface area contributed by atoms with Gasteiger partial charge in [0.1, 0.15) is 0 Å². The maximum Gasteiger partial charge on any atom is 2.00 e. The molecule has 16 heavy (non-hydrogen) atoms. The van der Waals surface area contributed by atoms with Crippen molar-refractivity contribution >= 4 is 8.41 Å². The van der Waals surface area contributed by atoms with Crippen molar-refractivity contribution in [3.63, 3.8) is 0 Å². The Hall–Kier alpha value is 0.457. The van der Waals surface area contributed by atoms with Gasteiger partial charge in [0.2, 0.25) is 0 Å². The van der Waals surface area contributed by atoms with Crippen LogP contribution in [0.1, 0.15) is 27.7 Å². The van der Waals surface area contributed by atoms with Gasteiger partial charge in [0, 0.05) is 35.6 Å². The first-order valence-electron chi connectivity index (χ1n) is 4.83. The van der Waals surface area contributed by atoms with Gasteiger partial charge in [-0.3, -0.25) is 0 Å². The van der Waals surface area contributed by atoms with Gasteiger partial charge in [0.05, 0.1) is 5.82 Å². The fourth-order valence-electron chi connectivity index (χ4n) is 0.850. The molecule has 4 heteroatoms. The summed E-state index contributed by atoms with van der Waals surface area (Å²) in [6.45, 7) is 14.1. The number of nitrogens with zero attached hydrogens (tertiary/aromatic N) is 2. The van der Waals surface area contributed by atoms with Crippen molar-refractivity contribution in [1.29, 1.82) is 0 Å². The molecule has 1 rings (SSSR count). The SMILES string of the molecule is C=C1N(C)CCN1C.CC.CC.[B].[CH3-].[CH3-].[U+2]. The van der Waals surface area contributed by atoms with Crippen molar-refractivity contribution in [2.24, 2.45) is 0 Å². The van der Waals surface area contributed by atoms with Crippen LogP contribution in [0.15, 0.2) is 12.4 Å². The summed E-state index contributed by atoms with van der Waals surface area (Å²) < 4.78 is 0.